The number of aryl methyl sites for hydroxylation is 1. The predicted octanol–water partition coefficient (Wildman–Crippen LogP) is 5.55. The molecule has 1 fully saturated rings. The third kappa shape index (κ3) is 4.53. The van der Waals surface area contributed by atoms with Gasteiger partial charge in [0, 0.05) is 5.56 Å². The summed E-state index contributed by atoms with van der Waals surface area (Å²) in [4.78, 5) is 27.2. The van der Waals surface area contributed by atoms with Crippen molar-refractivity contribution in [2.24, 2.45) is 0 Å². The van der Waals surface area contributed by atoms with Gasteiger partial charge in [-0.05, 0) is 48.2 Å². The van der Waals surface area contributed by atoms with Gasteiger partial charge in [-0.3, -0.25) is 14.5 Å². The van der Waals surface area contributed by atoms with E-state index in [1.807, 2.05) is 13.8 Å². The fourth-order valence-corrected chi connectivity index (χ4v) is 3.94. The Morgan fingerprint density at radius 1 is 0.943 bits per heavy atom. The molecule has 6 nitrogen and oxygen atoms in total. The van der Waals surface area contributed by atoms with Gasteiger partial charge in [0.05, 0.1) is 22.9 Å². The van der Waals surface area contributed by atoms with Crippen LogP contribution in [0, 0.1) is 6.92 Å². The van der Waals surface area contributed by atoms with Crippen LogP contribution in [0.1, 0.15) is 53.8 Å². The van der Waals surface area contributed by atoms with Crippen LogP contribution < -0.4 is 4.90 Å². The lowest BCUT2D eigenvalue weighted by Gasteiger charge is -2.24. The van der Waals surface area contributed by atoms with E-state index in [2.05, 4.69) is 10.2 Å². The first-order valence-corrected chi connectivity index (χ1v) is 10.9. The van der Waals surface area contributed by atoms with E-state index in [4.69, 9.17) is 0 Å². The van der Waals surface area contributed by atoms with Crippen molar-refractivity contribution in [2.45, 2.75) is 38.9 Å². The van der Waals surface area contributed by atoms with E-state index in [1.54, 1.807) is 37.3 Å². The van der Waals surface area contributed by atoms with Crippen LogP contribution in [0.5, 0.6) is 0 Å². The number of ketones is 1. The molecule has 1 N–H and O–H groups in total. The molecule has 1 atom stereocenters. The zero-order chi connectivity index (χ0) is 25.5. The molecule has 180 valence electrons. The highest BCUT2D eigenvalue weighted by molar-refractivity contribution is 6.51. The Balaban J connectivity index is 1.89. The van der Waals surface area contributed by atoms with E-state index in [0.717, 1.165) is 22.6 Å². The van der Waals surface area contributed by atoms with Crippen LogP contribution in [0.3, 0.4) is 0 Å². The molecule has 1 aliphatic heterocycles. The quantitative estimate of drug-likeness (QED) is 0.300. The molecule has 1 aromatic heterocycles. The van der Waals surface area contributed by atoms with E-state index >= 15 is 0 Å². The van der Waals surface area contributed by atoms with Gasteiger partial charge in [-0.2, -0.15) is 18.3 Å². The summed E-state index contributed by atoms with van der Waals surface area (Å²) in [5.41, 5.74) is 0.976. The Morgan fingerprint density at radius 3 is 2.09 bits per heavy atom. The lowest BCUT2D eigenvalue weighted by atomic mass is 9.93. The van der Waals surface area contributed by atoms with Crippen molar-refractivity contribution in [3.63, 3.8) is 0 Å². The molecule has 0 radical (unpaired) electrons. The second kappa shape index (κ2) is 8.98. The van der Waals surface area contributed by atoms with Crippen LogP contribution in [0.15, 0.2) is 66.2 Å². The molecule has 2 aromatic carbocycles. The van der Waals surface area contributed by atoms with Crippen molar-refractivity contribution in [1.82, 2.24) is 10.2 Å². The number of benzene rings is 2. The van der Waals surface area contributed by atoms with Gasteiger partial charge >= 0.3 is 12.1 Å². The standard InChI is InChI=1S/C26H22F3N3O3/c1-14(2)16-5-7-18(8-6-16)23(33)21-22(17-9-11-19(12-10-17)26(27,28)29)32(25(35)24(21)34)20-13-4-15(3)30-31-20/h4-14,22,33H,1-3H3/b23-21+. The minimum absolute atomic E-state index is 0.0387. The molecule has 1 aliphatic rings. The van der Waals surface area contributed by atoms with E-state index in [0.29, 0.717) is 11.3 Å². The number of anilines is 1. The third-order valence-corrected chi connectivity index (χ3v) is 5.88. The second-order valence-corrected chi connectivity index (χ2v) is 8.60. The lowest BCUT2D eigenvalue weighted by Crippen LogP contribution is -2.30. The fourth-order valence-electron chi connectivity index (χ4n) is 3.94. The number of amides is 1. The first-order valence-electron chi connectivity index (χ1n) is 10.9. The maximum Gasteiger partial charge on any atom is 0.416 e. The van der Waals surface area contributed by atoms with Crippen LogP contribution >= 0.6 is 0 Å². The summed E-state index contributed by atoms with van der Waals surface area (Å²) in [6, 6.07) is 12.9. The number of halogens is 3. The summed E-state index contributed by atoms with van der Waals surface area (Å²) in [6.45, 7) is 5.71. The number of aliphatic hydroxyl groups excluding tert-OH is 1. The van der Waals surface area contributed by atoms with Crippen LogP contribution in [-0.4, -0.2) is 27.0 Å². The molecular weight excluding hydrogens is 459 g/mol. The highest BCUT2D eigenvalue weighted by atomic mass is 19.4. The van der Waals surface area contributed by atoms with Crippen LogP contribution in [-0.2, 0) is 15.8 Å². The highest BCUT2D eigenvalue weighted by Gasteiger charge is 2.48. The van der Waals surface area contributed by atoms with Gasteiger partial charge in [-0.1, -0.05) is 50.2 Å². The number of carbonyl (C=O) groups is 2. The van der Waals surface area contributed by atoms with E-state index in [1.165, 1.54) is 18.2 Å². The normalized spacial score (nSPS) is 17.9. The number of carbonyl (C=O) groups excluding carboxylic acids is 2. The number of hydrogen-bond donors (Lipinski definition) is 1. The van der Waals surface area contributed by atoms with Crippen molar-refractivity contribution >= 4 is 23.3 Å². The molecule has 9 heteroatoms. The Kier molecular flexibility index (Phi) is 6.19. The van der Waals surface area contributed by atoms with Gasteiger partial charge in [-0.15, -0.1) is 5.10 Å². The number of aromatic nitrogens is 2. The van der Waals surface area contributed by atoms with Gasteiger partial charge in [0.2, 0.25) is 0 Å². The molecule has 0 aliphatic carbocycles. The number of hydrogen-bond acceptors (Lipinski definition) is 5. The molecule has 35 heavy (non-hydrogen) atoms. The first kappa shape index (κ1) is 24.1. The van der Waals surface area contributed by atoms with Gasteiger partial charge in [0.1, 0.15) is 5.76 Å². The molecule has 1 amide bonds. The summed E-state index contributed by atoms with van der Waals surface area (Å²) in [7, 11) is 0. The largest absolute Gasteiger partial charge is 0.507 e. The smallest absolute Gasteiger partial charge is 0.416 e. The summed E-state index contributed by atoms with van der Waals surface area (Å²) in [6.07, 6.45) is -4.55. The maximum absolute atomic E-state index is 13.1. The van der Waals surface area contributed by atoms with Crippen LogP contribution in [0.25, 0.3) is 5.76 Å². The van der Waals surface area contributed by atoms with E-state index < -0.39 is 35.2 Å². The van der Waals surface area contributed by atoms with Crippen molar-refractivity contribution in [3.05, 3.63) is 94.2 Å². The van der Waals surface area contributed by atoms with Gasteiger partial charge in [0.25, 0.3) is 5.78 Å². The number of alkyl halides is 3. The fraction of sp³-hybridized carbons (Fsp3) is 0.231. The average molecular weight is 481 g/mol. The molecule has 0 spiro atoms. The third-order valence-electron chi connectivity index (χ3n) is 5.88. The molecule has 0 saturated carbocycles. The van der Waals surface area contributed by atoms with Crippen LogP contribution in [0.2, 0.25) is 0 Å². The lowest BCUT2D eigenvalue weighted by molar-refractivity contribution is -0.137. The zero-order valence-electron chi connectivity index (χ0n) is 19.2. The average Bonchev–Trinajstić information content (AvgIpc) is 3.09. The Hall–Kier alpha value is -4.01. The molecule has 4 rings (SSSR count). The molecule has 3 aromatic rings. The minimum Gasteiger partial charge on any atom is -0.507 e. The minimum atomic E-state index is -4.55. The first-order chi connectivity index (χ1) is 16.5. The number of rotatable bonds is 4. The van der Waals surface area contributed by atoms with Gasteiger partial charge in [0.15, 0.2) is 5.82 Å². The topological polar surface area (TPSA) is 83.4 Å². The monoisotopic (exact) mass is 481 g/mol. The summed E-state index contributed by atoms with van der Waals surface area (Å²) < 4.78 is 39.4. The van der Waals surface area contributed by atoms with Crippen molar-refractivity contribution in [1.29, 1.82) is 0 Å². The van der Waals surface area contributed by atoms with E-state index in [-0.39, 0.29) is 22.9 Å². The van der Waals surface area contributed by atoms with Crippen molar-refractivity contribution < 1.29 is 27.9 Å². The number of Topliss-reactive ketones (excluding diaryl/α,β-unsaturated/α-hetero) is 1. The van der Waals surface area contributed by atoms with Crippen molar-refractivity contribution in [3.8, 4) is 0 Å². The zero-order valence-corrected chi connectivity index (χ0v) is 19.2. The summed E-state index contributed by atoms with van der Waals surface area (Å²) in [5, 5.41) is 19.0. The molecule has 1 unspecified atom stereocenters. The Morgan fingerprint density at radius 2 is 1.57 bits per heavy atom. The van der Waals surface area contributed by atoms with Gasteiger partial charge in [-0.25, -0.2) is 0 Å². The highest BCUT2D eigenvalue weighted by Crippen LogP contribution is 2.42. The Bertz CT molecular complexity index is 1300. The number of nitrogens with zero attached hydrogens (tertiary/aromatic N) is 3. The summed E-state index contributed by atoms with van der Waals surface area (Å²) in [5.74, 6) is -2.08. The van der Waals surface area contributed by atoms with Crippen molar-refractivity contribution in [2.75, 3.05) is 4.90 Å². The maximum atomic E-state index is 13.1. The molecule has 0 bridgehead atoms. The SMILES string of the molecule is Cc1ccc(N2C(=O)C(=O)/C(=C(/O)c3ccc(C(C)C)cc3)C2c2ccc(C(F)(F)F)cc2)nn1. The molecule has 1 saturated heterocycles. The molecule has 2 heterocycles. The van der Waals surface area contributed by atoms with E-state index in [9.17, 15) is 27.9 Å². The second-order valence-electron chi connectivity index (χ2n) is 8.60. The summed E-state index contributed by atoms with van der Waals surface area (Å²) >= 11 is 0. The Labute approximate surface area is 199 Å². The van der Waals surface area contributed by atoms with Crippen LogP contribution in [0.4, 0.5) is 19.0 Å². The molecular formula is C26H22F3N3O3. The number of aliphatic hydroxyl groups is 1. The predicted molar refractivity (Wildman–Crippen MR) is 124 cm³/mol. The van der Waals surface area contributed by atoms with Gasteiger partial charge < -0.3 is 5.11 Å².